The summed E-state index contributed by atoms with van der Waals surface area (Å²) in [7, 11) is 0. The van der Waals surface area contributed by atoms with Gasteiger partial charge in [-0.3, -0.25) is 0 Å². The number of urea groups is 1. The molecule has 1 aromatic rings. The van der Waals surface area contributed by atoms with Crippen LogP contribution in [0.2, 0.25) is 5.02 Å². The second kappa shape index (κ2) is 6.58. The summed E-state index contributed by atoms with van der Waals surface area (Å²) in [5, 5.41) is 22.4. The minimum absolute atomic E-state index is 0.436. The minimum atomic E-state index is -1.35. The molecule has 0 fully saturated rings. The smallest absolute Gasteiger partial charge is 0.328 e. The molecule has 0 aromatic heterocycles. The third kappa shape index (κ3) is 4.17. The normalized spacial score (nSPS) is 11.7. The first-order valence-corrected chi connectivity index (χ1v) is 5.97. The van der Waals surface area contributed by atoms with Gasteiger partial charge < -0.3 is 20.8 Å². The van der Waals surface area contributed by atoms with Crippen molar-refractivity contribution in [2.75, 3.05) is 11.9 Å². The molecule has 0 aliphatic rings. The molecule has 0 aliphatic carbocycles. The Kier molecular flexibility index (Phi) is 5.39. The van der Waals surface area contributed by atoms with E-state index < -0.39 is 24.6 Å². The Morgan fingerprint density at radius 2 is 2.11 bits per heavy atom. The van der Waals surface area contributed by atoms with E-state index in [1.54, 1.807) is 18.2 Å². The van der Waals surface area contributed by atoms with Gasteiger partial charge in [0.1, 0.15) is 0 Å². The van der Waals surface area contributed by atoms with Crippen molar-refractivity contribution >= 4 is 45.2 Å². The van der Waals surface area contributed by atoms with E-state index in [1.807, 2.05) is 0 Å². The fourth-order valence-corrected chi connectivity index (χ4v) is 1.58. The summed E-state index contributed by atoms with van der Waals surface area (Å²) in [6, 6.07) is 2.62. The maximum absolute atomic E-state index is 11.4. The molecule has 1 atom stereocenters. The monoisotopic (exact) mass is 336 g/mol. The molecule has 8 heteroatoms. The first-order chi connectivity index (χ1) is 8.43. The summed E-state index contributed by atoms with van der Waals surface area (Å²) in [4.78, 5) is 22.0. The number of carbonyl (C=O) groups excluding carboxylic acids is 1. The molecule has 0 heterocycles. The van der Waals surface area contributed by atoms with Gasteiger partial charge in [-0.2, -0.15) is 0 Å². The Labute approximate surface area is 116 Å². The summed E-state index contributed by atoms with van der Waals surface area (Å²) in [6.07, 6.45) is 0. The summed E-state index contributed by atoms with van der Waals surface area (Å²) in [5.41, 5.74) is 0.436. The number of nitrogens with one attached hydrogen (secondary N) is 2. The topological polar surface area (TPSA) is 98.7 Å². The lowest BCUT2D eigenvalue weighted by atomic mass is 10.3. The molecule has 0 spiro atoms. The molecular weight excluding hydrogens is 327 g/mol. The predicted molar refractivity (Wildman–Crippen MR) is 69.8 cm³/mol. The van der Waals surface area contributed by atoms with Crippen LogP contribution in [0.1, 0.15) is 0 Å². The van der Waals surface area contributed by atoms with E-state index in [4.69, 9.17) is 21.8 Å². The number of carboxylic acid groups (broad SMARTS) is 1. The van der Waals surface area contributed by atoms with Crippen LogP contribution in [0.15, 0.2) is 22.7 Å². The Morgan fingerprint density at radius 3 is 2.61 bits per heavy atom. The number of aliphatic hydroxyl groups excluding tert-OH is 1. The maximum atomic E-state index is 11.4. The molecule has 1 rings (SSSR count). The van der Waals surface area contributed by atoms with Gasteiger partial charge in [-0.1, -0.05) is 11.6 Å². The lowest BCUT2D eigenvalue weighted by molar-refractivity contribution is -0.140. The molecule has 0 bridgehead atoms. The van der Waals surface area contributed by atoms with Crippen LogP contribution in [0.5, 0.6) is 0 Å². The first-order valence-electron chi connectivity index (χ1n) is 4.80. The third-order valence-electron chi connectivity index (χ3n) is 1.96. The second-order valence-corrected chi connectivity index (χ2v) is 4.56. The lowest BCUT2D eigenvalue weighted by Gasteiger charge is -2.12. The number of benzene rings is 1. The zero-order valence-corrected chi connectivity index (χ0v) is 11.3. The number of aliphatic hydroxyl groups is 1. The highest BCUT2D eigenvalue weighted by Crippen LogP contribution is 2.25. The predicted octanol–water partition coefficient (Wildman–Crippen LogP) is 1.67. The van der Waals surface area contributed by atoms with E-state index in [-0.39, 0.29) is 0 Å². The summed E-state index contributed by atoms with van der Waals surface area (Å²) in [6.45, 7) is -0.687. The average molecular weight is 338 g/mol. The molecule has 0 saturated heterocycles. The third-order valence-corrected chi connectivity index (χ3v) is 3.18. The number of aliphatic carboxylic acids is 1. The Balaban J connectivity index is 2.64. The van der Waals surface area contributed by atoms with Crippen molar-refractivity contribution in [2.45, 2.75) is 6.04 Å². The minimum Gasteiger partial charge on any atom is -0.480 e. The number of amides is 2. The van der Waals surface area contributed by atoms with Crippen molar-refractivity contribution < 1.29 is 19.8 Å². The highest BCUT2D eigenvalue weighted by Gasteiger charge is 2.18. The van der Waals surface area contributed by atoms with Crippen molar-refractivity contribution in [2.24, 2.45) is 0 Å². The zero-order valence-electron chi connectivity index (χ0n) is 8.98. The fourth-order valence-electron chi connectivity index (χ4n) is 1.08. The largest absolute Gasteiger partial charge is 0.480 e. The molecule has 18 heavy (non-hydrogen) atoms. The summed E-state index contributed by atoms with van der Waals surface area (Å²) >= 11 is 8.97. The van der Waals surface area contributed by atoms with Crippen LogP contribution in [0.4, 0.5) is 10.5 Å². The van der Waals surface area contributed by atoms with Gasteiger partial charge in [0.05, 0.1) is 11.6 Å². The Morgan fingerprint density at radius 1 is 1.44 bits per heavy atom. The van der Waals surface area contributed by atoms with Gasteiger partial charge in [-0.25, -0.2) is 9.59 Å². The highest BCUT2D eigenvalue weighted by atomic mass is 79.9. The number of anilines is 1. The quantitative estimate of drug-likeness (QED) is 0.671. The van der Waals surface area contributed by atoms with E-state index in [1.165, 1.54) is 0 Å². The number of carbonyl (C=O) groups is 2. The number of carboxylic acids is 1. The van der Waals surface area contributed by atoms with Gasteiger partial charge in [0, 0.05) is 10.2 Å². The standard InChI is InChI=1S/C10H10BrClN2O4/c11-6-3-5(1-2-7(6)12)13-10(18)14-8(4-15)9(16)17/h1-3,8,15H,4H2,(H,16,17)(H2,13,14,18). The van der Waals surface area contributed by atoms with Crippen molar-refractivity contribution in [3.63, 3.8) is 0 Å². The van der Waals surface area contributed by atoms with Gasteiger partial charge in [0.2, 0.25) is 0 Å². The van der Waals surface area contributed by atoms with Gasteiger partial charge in [-0.15, -0.1) is 0 Å². The Bertz CT molecular complexity index is 469. The van der Waals surface area contributed by atoms with Crippen molar-refractivity contribution in [3.05, 3.63) is 27.7 Å². The van der Waals surface area contributed by atoms with Crippen LogP contribution < -0.4 is 10.6 Å². The molecule has 4 N–H and O–H groups in total. The molecule has 1 aromatic carbocycles. The van der Waals surface area contributed by atoms with E-state index >= 15 is 0 Å². The molecule has 0 aliphatic heterocycles. The molecule has 2 amide bonds. The van der Waals surface area contributed by atoms with Crippen molar-refractivity contribution in [3.8, 4) is 0 Å². The molecular formula is C10H10BrClN2O4. The van der Waals surface area contributed by atoms with Crippen LogP contribution in [-0.4, -0.2) is 34.9 Å². The summed E-state index contributed by atoms with van der Waals surface area (Å²) < 4.78 is 0.596. The maximum Gasteiger partial charge on any atom is 0.328 e. The van der Waals surface area contributed by atoms with Gasteiger partial charge >= 0.3 is 12.0 Å². The number of hydrogen-bond acceptors (Lipinski definition) is 3. The SMILES string of the molecule is O=C(Nc1ccc(Cl)c(Br)c1)NC(CO)C(=O)O. The van der Waals surface area contributed by atoms with Crippen molar-refractivity contribution in [1.82, 2.24) is 5.32 Å². The lowest BCUT2D eigenvalue weighted by Crippen LogP contribution is -2.45. The molecule has 0 saturated carbocycles. The first kappa shape index (κ1) is 14.7. The summed E-state index contributed by atoms with van der Waals surface area (Å²) in [5.74, 6) is -1.31. The van der Waals surface area contributed by atoms with Crippen LogP contribution in [-0.2, 0) is 4.79 Å². The zero-order chi connectivity index (χ0) is 13.7. The molecule has 0 radical (unpaired) electrons. The van der Waals surface area contributed by atoms with Crippen LogP contribution in [0.3, 0.4) is 0 Å². The number of hydrogen-bond donors (Lipinski definition) is 4. The van der Waals surface area contributed by atoms with Crippen molar-refractivity contribution in [1.29, 1.82) is 0 Å². The van der Waals surface area contributed by atoms with Gasteiger partial charge in [0.15, 0.2) is 6.04 Å². The van der Waals surface area contributed by atoms with E-state index in [2.05, 4.69) is 26.6 Å². The molecule has 98 valence electrons. The van der Waals surface area contributed by atoms with Crippen LogP contribution in [0.25, 0.3) is 0 Å². The van der Waals surface area contributed by atoms with E-state index in [9.17, 15) is 9.59 Å². The highest BCUT2D eigenvalue weighted by molar-refractivity contribution is 9.10. The number of halogens is 2. The molecule has 6 nitrogen and oxygen atoms in total. The Hall–Kier alpha value is -1.31. The van der Waals surface area contributed by atoms with Crippen LogP contribution >= 0.6 is 27.5 Å². The van der Waals surface area contributed by atoms with Crippen LogP contribution in [0, 0.1) is 0 Å². The second-order valence-electron chi connectivity index (χ2n) is 3.30. The van der Waals surface area contributed by atoms with E-state index in [0.717, 1.165) is 0 Å². The average Bonchev–Trinajstić information content (AvgIpc) is 2.30. The number of rotatable bonds is 4. The van der Waals surface area contributed by atoms with E-state index in [0.29, 0.717) is 15.2 Å². The fraction of sp³-hybridized carbons (Fsp3) is 0.200. The van der Waals surface area contributed by atoms with Gasteiger partial charge in [0.25, 0.3) is 0 Å². The molecule has 1 unspecified atom stereocenters. The van der Waals surface area contributed by atoms with Gasteiger partial charge in [-0.05, 0) is 34.1 Å².